The Morgan fingerprint density at radius 1 is 0.929 bits per heavy atom. The van der Waals surface area contributed by atoms with Gasteiger partial charge in [0, 0.05) is 17.8 Å². The van der Waals surface area contributed by atoms with E-state index < -0.39 is 0 Å². The van der Waals surface area contributed by atoms with Crippen molar-refractivity contribution in [3.8, 4) is 11.5 Å². The van der Waals surface area contributed by atoms with Crippen molar-refractivity contribution in [2.45, 2.75) is 25.0 Å². The molecule has 0 saturated carbocycles. The lowest BCUT2D eigenvalue weighted by Crippen LogP contribution is -2.28. The van der Waals surface area contributed by atoms with Crippen molar-refractivity contribution in [2.75, 3.05) is 12.4 Å². The van der Waals surface area contributed by atoms with Crippen molar-refractivity contribution in [3.63, 3.8) is 0 Å². The van der Waals surface area contributed by atoms with Gasteiger partial charge in [0.25, 0.3) is 0 Å². The van der Waals surface area contributed by atoms with E-state index in [9.17, 15) is 0 Å². The van der Waals surface area contributed by atoms with E-state index in [1.165, 1.54) is 22.2 Å². The molecule has 0 bridgehead atoms. The fourth-order valence-corrected chi connectivity index (χ4v) is 6.59. The van der Waals surface area contributed by atoms with Crippen molar-refractivity contribution in [3.05, 3.63) is 143 Å². The van der Waals surface area contributed by atoms with Crippen LogP contribution in [0.25, 0.3) is 10.8 Å². The molecule has 7 rings (SSSR count). The molecule has 5 aromatic carbocycles. The molecule has 0 amide bonds. The molecule has 0 saturated heterocycles. The van der Waals surface area contributed by atoms with Crippen molar-refractivity contribution >= 4 is 40.0 Å². The highest BCUT2D eigenvalue weighted by Crippen LogP contribution is 2.49. The maximum Gasteiger partial charge on any atom is 0.180 e. The molecule has 42 heavy (non-hydrogen) atoms. The Bertz CT molecular complexity index is 1810. The topological polar surface area (TPSA) is 42.8 Å². The predicted molar refractivity (Wildman–Crippen MR) is 173 cm³/mol. The van der Waals surface area contributed by atoms with E-state index >= 15 is 0 Å². The van der Waals surface area contributed by atoms with Crippen molar-refractivity contribution in [1.82, 2.24) is 0 Å². The summed E-state index contributed by atoms with van der Waals surface area (Å²) in [7, 11) is 1.62. The summed E-state index contributed by atoms with van der Waals surface area (Å²) >= 11 is 6.69. The largest absolute Gasteiger partial charge is 0.493 e. The lowest BCUT2D eigenvalue weighted by molar-refractivity contribution is 0.286. The fraction of sp³-hybridized carbons (Fsp3) is 0.162. The van der Waals surface area contributed by atoms with Gasteiger partial charge in [0.15, 0.2) is 11.5 Å². The Hall–Kier alpha value is -4.54. The number of benzene rings is 5. The van der Waals surface area contributed by atoms with E-state index in [0.717, 1.165) is 28.6 Å². The van der Waals surface area contributed by atoms with Crippen LogP contribution in [0.2, 0.25) is 5.02 Å². The van der Waals surface area contributed by atoms with Gasteiger partial charge in [-0.1, -0.05) is 96.5 Å². The van der Waals surface area contributed by atoms with E-state index in [0.29, 0.717) is 35.0 Å². The molecule has 1 heterocycles. The third-order valence-electron chi connectivity index (χ3n) is 8.39. The first-order valence-corrected chi connectivity index (χ1v) is 14.7. The molecule has 208 valence electrons. The highest BCUT2D eigenvalue weighted by molar-refractivity contribution is 6.32. The average molecular weight is 571 g/mol. The zero-order valence-corrected chi connectivity index (χ0v) is 24.1. The fourth-order valence-electron chi connectivity index (χ4n) is 6.31. The van der Waals surface area contributed by atoms with Crippen LogP contribution in [0, 0.1) is 5.92 Å². The van der Waals surface area contributed by atoms with Crippen molar-refractivity contribution < 1.29 is 9.47 Å². The van der Waals surface area contributed by atoms with E-state index in [2.05, 4.69) is 90.3 Å². The third kappa shape index (κ3) is 5.03. The first-order chi connectivity index (χ1) is 20.7. The summed E-state index contributed by atoms with van der Waals surface area (Å²) in [6.45, 7) is 0.385. The van der Waals surface area contributed by atoms with Crippen molar-refractivity contribution in [1.29, 1.82) is 0 Å². The van der Waals surface area contributed by atoms with Crippen LogP contribution in [0.4, 0.5) is 11.4 Å². The van der Waals surface area contributed by atoms with Crippen LogP contribution in [0.5, 0.6) is 11.5 Å². The van der Waals surface area contributed by atoms with Gasteiger partial charge in [0.1, 0.15) is 6.61 Å². The van der Waals surface area contributed by atoms with E-state index in [-0.39, 0.29) is 6.04 Å². The number of para-hydroxylation sites is 1. The normalized spacial score (nSPS) is 19.0. The molecule has 1 N–H and O–H groups in total. The average Bonchev–Trinajstić information content (AvgIpc) is 3.53. The van der Waals surface area contributed by atoms with Crippen LogP contribution < -0.4 is 14.8 Å². The Morgan fingerprint density at radius 2 is 1.74 bits per heavy atom. The minimum atomic E-state index is 0.266. The van der Waals surface area contributed by atoms with E-state index in [1.807, 2.05) is 36.5 Å². The van der Waals surface area contributed by atoms with Gasteiger partial charge in [-0.3, -0.25) is 4.99 Å². The first-order valence-electron chi connectivity index (χ1n) is 14.3. The second-order valence-electron chi connectivity index (χ2n) is 10.9. The maximum atomic E-state index is 6.69. The number of halogens is 1. The quantitative estimate of drug-likeness (QED) is 0.156. The highest BCUT2D eigenvalue weighted by Gasteiger charge is 2.37. The molecule has 0 fully saturated rings. The summed E-state index contributed by atoms with van der Waals surface area (Å²) in [6, 6.07) is 35.7. The number of aliphatic imine (C=N–C) groups is 1. The van der Waals surface area contributed by atoms with Gasteiger partial charge in [-0.05, 0) is 75.7 Å². The molecule has 0 radical (unpaired) electrons. The molecular formula is C37H31ClN2O2. The van der Waals surface area contributed by atoms with Gasteiger partial charge in [-0.15, -0.1) is 0 Å². The van der Waals surface area contributed by atoms with Gasteiger partial charge < -0.3 is 14.8 Å². The predicted octanol–water partition coefficient (Wildman–Crippen LogP) is 9.66. The molecule has 2 aliphatic rings. The lowest BCUT2D eigenvalue weighted by atomic mass is 9.77. The Balaban J connectivity index is 1.07. The van der Waals surface area contributed by atoms with E-state index in [4.69, 9.17) is 26.1 Å². The number of ether oxygens (including phenoxy) is 2. The molecule has 5 aromatic rings. The highest BCUT2D eigenvalue weighted by atomic mass is 35.5. The molecule has 1 aliphatic heterocycles. The molecule has 1 aliphatic carbocycles. The van der Waals surface area contributed by atoms with Gasteiger partial charge in [-0.2, -0.15) is 0 Å². The zero-order chi connectivity index (χ0) is 28.5. The summed E-state index contributed by atoms with van der Waals surface area (Å²) < 4.78 is 11.8. The zero-order valence-electron chi connectivity index (χ0n) is 23.3. The molecule has 4 nitrogen and oxygen atoms in total. The molecular weight excluding hydrogens is 540 g/mol. The van der Waals surface area contributed by atoms with Crippen LogP contribution in [0.3, 0.4) is 0 Å². The number of nitrogens with one attached hydrogen (secondary N) is 1. The van der Waals surface area contributed by atoms with Crippen LogP contribution >= 0.6 is 11.6 Å². The van der Waals surface area contributed by atoms with Crippen LogP contribution in [0.15, 0.2) is 120 Å². The van der Waals surface area contributed by atoms with E-state index in [1.54, 1.807) is 7.11 Å². The SMILES string of the molecule is COc1cc(C=Nc2ccc([C@@H]3Nc4ccccc4[C@H]4C=CC[C@@H]43)cc2)cc(Cl)c1OCc1cccc2ccccc12. The number of hydrogen-bond donors (Lipinski definition) is 1. The standard InChI is InChI=1S/C37H31ClN2O2/c1-41-35-21-24(20-33(38)37(35)42-23-27-10-6-9-25-8-2-3-11-29(25)27)22-39-28-18-16-26(17-19-28)36-32-14-7-13-30(32)31-12-4-5-15-34(31)40-36/h2-13,15-22,30,32,36,40H,14,23H2,1H3/t30-,32+,36+/m1/s1. The number of anilines is 1. The summed E-state index contributed by atoms with van der Waals surface area (Å²) in [5.41, 5.74) is 6.71. The van der Waals surface area contributed by atoms with Crippen LogP contribution in [-0.4, -0.2) is 13.3 Å². The molecule has 3 atom stereocenters. The Labute approximate surface area is 251 Å². The second kappa shape index (κ2) is 11.4. The van der Waals surface area contributed by atoms with Gasteiger partial charge >= 0.3 is 0 Å². The number of methoxy groups -OCH3 is 1. The van der Waals surface area contributed by atoms with Gasteiger partial charge in [-0.25, -0.2) is 0 Å². The minimum absolute atomic E-state index is 0.266. The number of nitrogens with zero attached hydrogens (tertiary/aromatic N) is 1. The van der Waals surface area contributed by atoms with Gasteiger partial charge in [0.2, 0.25) is 0 Å². The number of rotatable bonds is 7. The van der Waals surface area contributed by atoms with Crippen LogP contribution in [0.1, 0.15) is 40.6 Å². The van der Waals surface area contributed by atoms with Gasteiger partial charge in [0.05, 0.1) is 23.9 Å². The summed E-state index contributed by atoms with van der Waals surface area (Å²) in [5.74, 6) is 2.08. The number of allylic oxidation sites excluding steroid dienone is 2. The summed E-state index contributed by atoms with van der Waals surface area (Å²) in [5, 5.41) is 6.62. The third-order valence-corrected chi connectivity index (χ3v) is 8.67. The molecule has 0 unspecified atom stereocenters. The summed E-state index contributed by atoms with van der Waals surface area (Å²) in [6.07, 6.45) is 7.59. The Morgan fingerprint density at radius 3 is 2.62 bits per heavy atom. The smallest absolute Gasteiger partial charge is 0.180 e. The first kappa shape index (κ1) is 26.4. The van der Waals surface area contributed by atoms with Crippen molar-refractivity contribution in [2.24, 2.45) is 10.9 Å². The number of fused-ring (bicyclic) bond motifs is 4. The lowest BCUT2D eigenvalue weighted by Gasteiger charge is -2.37. The summed E-state index contributed by atoms with van der Waals surface area (Å²) in [4.78, 5) is 4.73. The Kier molecular flexibility index (Phi) is 7.15. The molecule has 0 spiro atoms. The van der Waals surface area contributed by atoms with Crippen LogP contribution in [-0.2, 0) is 6.61 Å². The molecule has 5 heteroatoms. The minimum Gasteiger partial charge on any atom is -0.493 e. The monoisotopic (exact) mass is 570 g/mol. The molecule has 0 aromatic heterocycles. The second-order valence-corrected chi connectivity index (χ2v) is 11.3. The number of hydrogen-bond acceptors (Lipinski definition) is 4. The maximum absolute atomic E-state index is 6.69.